The number of nitrogens with zero attached hydrogens (tertiary/aromatic N) is 6. The first-order valence-electron chi connectivity index (χ1n) is 10.8. The molecule has 0 fully saturated rings. The number of tetrazole rings is 1. The van der Waals surface area contributed by atoms with Crippen LogP contribution in [0.4, 0.5) is 8.78 Å². The second-order valence-electron chi connectivity index (χ2n) is 7.68. The molecule has 0 aliphatic heterocycles. The highest BCUT2D eigenvalue weighted by Gasteiger charge is 2.36. The highest BCUT2D eigenvalue weighted by atomic mass is 19.3. The normalized spacial score (nSPS) is 11.8. The van der Waals surface area contributed by atoms with Crippen molar-refractivity contribution in [3.8, 4) is 22.5 Å². The third-order valence-corrected chi connectivity index (χ3v) is 5.22. The van der Waals surface area contributed by atoms with Crippen LogP contribution in [0, 0.1) is 0 Å². The molecule has 0 aliphatic rings. The third-order valence-electron chi connectivity index (χ3n) is 5.22. The first-order valence-corrected chi connectivity index (χ1v) is 10.8. The highest BCUT2D eigenvalue weighted by Crippen LogP contribution is 2.32. The van der Waals surface area contributed by atoms with Gasteiger partial charge in [-0.3, -0.25) is 0 Å². The topological polar surface area (TPSA) is 85.2 Å². The third kappa shape index (κ3) is 4.56. The molecule has 1 N–H and O–H groups in total. The minimum atomic E-state index is -3.01. The molecule has 0 spiro atoms. The Morgan fingerprint density at radius 1 is 0.969 bits per heavy atom. The highest BCUT2D eigenvalue weighted by molar-refractivity contribution is 5.80. The molecule has 0 saturated heterocycles. The van der Waals surface area contributed by atoms with Crippen LogP contribution in [0.1, 0.15) is 50.3 Å². The molecule has 0 atom stereocenters. The van der Waals surface area contributed by atoms with E-state index < -0.39 is 5.92 Å². The summed E-state index contributed by atoms with van der Waals surface area (Å²) in [4.78, 5) is 4.22. The van der Waals surface area contributed by atoms with Crippen molar-refractivity contribution < 1.29 is 8.78 Å². The molecular weight excluding hydrogens is 412 g/mol. The predicted molar refractivity (Wildman–Crippen MR) is 117 cm³/mol. The van der Waals surface area contributed by atoms with Gasteiger partial charge in [0.2, 0.25) is 11.6 Å². The smallest absolute Gasteiger partial charge is 0.249 e. The van der Waals surface area contributed by atoms with Crippen molar-refractivity contribution >= 4 is 0 Å². The van der Waals surface area contributed by atoms with Crippen LogP contribution in [0.3, 0.4) is 0 Å². The Morgan fingerprint density at radius 2 is 1.72 bits per heavy atom. The lowest BCUT2D eigenvalue weighted by atomic mass is 9.98. The number of nitrogens with one attached hydrogen (secondary N) is 1. The number of rotatable bonds is 9. The molecular formula is C23H25F2N7. The van der Waals surface area contributed by atoms with E-state index in [1.807, 2.05) is 55.5 Å². The first-order chi connectivity index (χ1) is 15.5. The first kappa shape index (κ1) is 21.7. The van der Waals surface area contributed by atoms with Gasteiger partial charge in [-0.1, -0.05) is 62.4 Å². The quantitative estimate of drug-likeness (QED) is 0.397. The number of hydrogen-bond donors (Lipinski definition) is 1. The van der Waals surface area contributed by atoms with E-state index in [0.29, 0.717) is 31.0 Å². The van der Waals surface area contributed by atoms with Crippen LogP contribution in [0.25, 0.3) is 22.5 Å². The summed E-state index contributed by atoms with van der Waals surface area (Å²) >= 11 is 0. The summed E-state index contributed by atoms with van der Waals surface area (Å²) in [6.07, 6.45) is 1.34. The maximum atomic E-state index is 14.4. The molecule has 0 bridgehead atoms. The van der Waals surface area contributed by atoms with Crippen LogP contribution in [0.2, 0.25) is 0 Å². The van der Waals surface area contributed by atoms with E-state index in [0.717, 1.165) is 28.7 Å². The minimum absolute atomic E-state index is 0.253. The number of benzene rings is 2. The summed E-state index contributed by atoms with van der Waals surface area (Å²) in [6, 6.07) is 15.8. The Balaban J connectivity index is 1.60. The van der Waals surface area contributed by atoms with Gasteiger partial charge in [-0.2, -0.15) is 14.0 Å². The van der Waals surface area contributed by atoms with E-state index in [-0.39, 0.29) is 12.2 Å². The van der Waals surface area contributed by atoms with Gasteiger partial charge in [-0.05, 0) is 34.7 Å². The van der Waals surface area contributed by atoms with Crippen molar-refractivity contribution in [1.29, 1.82) is 0 Å². The number of aryl methyl sites for hydroxylation is 1. The van der Waals surface area contributed by atoms with Gasteiger partial charge in [0.15, 0.2) is 0 Å². The Kier molecular flexibility index (Phi) is 6.34. The predicted octanol–water partition coefficient (Wildman–Crippen LogP) is 5.02. The van der Waals surface area contributed by atoms with Crippen molar-refractivity contribution in [1.82, 2.24) is 35.4 Å². The van der Waals surface area contributed by atoms with E-state index in [2.05, 4.69) is 30.7 Å². The van der Waals surface area contributed by atoms with Gasteiger partial charge in [0.05, 0.1) is 0 Å². The average molecular weight is 437 g/mol. The lowest BCUT2D eigenvalue weighted by Crippen LogP contribution is -2.15. The molecule has 166 valence electrons. The van der Waals surface area contributed by atoms with Crippen LogP contribution in [-0.2, 0) is 18.9 Å². The molecule has 0 saturated carbocycles. The lowest BCUT2D eigenvalue weighted by molar-refractivity contribution is -0.0232. The van der Waals surface area contributed by atoms with Crippen molar-refractivity contribution in [3.05, 3.63) is 65.7 Å². The Bertz CT molecular complexity index is 1150. The Hall–Kier alpha value is -3.49. The zero-order valence-corrected chi connectivity index (χ0v) is 18.1. The van der Waals surface area contributed by atoms with Gasteiger partial charge < -0.3 is 0 Å². The fraction of sp³-hybridized carbons (Fsp3) is 0.348. The van der Waals surface area contributed by atoms with Crippen LogP contribution in [0.15, 0.2) is 48.5 Å². The van der Waals surface area contributed by atoms with Gasteiger partial charge >= 0.3 is 5.92 Å². The molecule has 0 amide bonds. The number of aromatic amines is 1. The standard InChI is InChI=1S/C23H25F2N7/c1-3-13-23(24,25)22-26-20(32(29-22)14-4-2)15-16-9-11-17(12-10-16)18-7-5-6-8-19(18)21-27-30-31-28-21/h5-12H,3-4,13-15H2,1-2H3,(H,27,28,30,31). The molecule has 0 unspecified atom stereocenters. The monoisotopic (exact) mass is 437 g/mol. The zero-order valence-electron chi connectivity index (χ0n) is 18.1. The van der Waals surface area contributed by atoms with Gasteiger partial charge in [0, 0.05) is 24.9 Å². The second kappa shape index (κ2) is 9.33. The summed E-state index contributed by atoms with van der Waals surface area (Å²) in [5.74, 6) is -2.31. The fourth-order valence-electron chi connectivity index (χ4n) is 3.67. The van der Waals surface area contributed by atoms with E-state index in [1.54, 1.807) is 11.6 Å². The summed E-state index contributed by atoms with van der Waals surface area (Å²) in [6.45, 7) is 4.28. The molecule has 0 aliphatic carbocycles. The largest absolute Gasteiger partial charge is 0.308 e. The van der Waals surface area contributed by atoms with Gasteiger partial charge in [0.1, 0.15) is 5.82 Å². The van der Waals surface area contributed by atoms with E-state index in [1.165, 1.54) is 0 Å². The van der Waals surface area contributed by atoms with Gasteiger partial charge in [0.25, 0.3) is 0 Å². The Morgan fingerprint density at radius 3 is 2.38 bits per heavy atom. The molecule has 9 heteroatoms. The molecule has 2 heterocycles. The van der Waals surface area contributed by atoms with Crippen molar-refractivity contribution in [2.24, 2.45) is 0 Å². The minimum Gasteiger partial charge on any atom is -0.249 e. The lowest BCUT2D eigenvalue weighted by Gasteiger charge is -2.10. The molecule has 7 nitrogen and oxygen atoms in total. The number of alkyl halides is 2. The summed E-state index contributed by atoms with van der Waals surface area (Å²) in [7, 11) is 0. The number of hydrogen-bond acceptors (Lipinski definition) is 5. The van der Waals surface area contributed by atoms with Gasteiger partial charge in [-0.25, -0.2) is 9.67 Å². The number of aromatic nitrogens is 7. The summed E-state index contributed by atoms with van der Waals surface area (Å²) < 4.78 is 30.3. The molecule has 2 aromatic carbocycles. The van der Waals surface area contributed by atoms with Crippen LogP contribution in [-0.4, -0.2) is 35.4 Å². The van der Waals surface area contributed by atoms with Crippen LogP contribution >= 0.6 is 0 Å². The zero-order chi connectivity index (χ0) is 22.6. The number of halogens is 2. The van der Waals surface area contributed by atoms with Gasteiger partial charge in [-0.15, -0.1) is 15.3 Å². The average Bonchev–Trinajstić information content (AvgIpc) is 3.46. The fourth-order valence-corrected chi connectivity index (χ4v) is 3.67. The molecule has 4 rings (SSSR count). The maximum absolute atomic E-state index is 14.4. The molecule has 2 aromatic heterocycles. The van der Waals surface area contributed by atoms with Crippen LogP contribution in [0.5, 0.6) is 0 Å². The summed E-state index contributed by atoms with van der Waals surface area (Å²) in [5.41, 5.74) is 3.83. The second-order valence-corrected chi connectivity index (χ2v) is 7.68. The number of H-pyrrole nitrogens is 1. The van der Waals surface area contributed by atoms with Crippen LogP contribution < -0.4 is 0 Å². The molecule has 0 radical (unpaired) electrons. The van der Waals surface area contributed by atoms with E-state index in [4.69, 9.17) is 0 Å². The molecule has 4 aromatic rings. The van der Waals surface area contributed by atoms with E-state index in [9.17, 15) is 8.78 Å². The maximum Gasteiger partial charge on any atom is 0.308 e. The van der Waals surface area contributed by atoms with Crippen molar-refractivity contribution in [3.63, 3.8) is 0 Å². The SMILES string of the molecule is CCCn1nc(C(F)(F)CCC)nc1Cc1ccc(-c2ccccc2-c2nn[nH]n2)cc1. The summed E-state index contributed by atoms with van der Waals surface area (Å²) in [5, 5.41) is 18.4. The van der Waals surface area contributed by atoms with Crippen molar-refractivity contribution in [2.75, 3.05) is 0 Å². The molecule has 32 heavy (non-hydrogen) atoms. The van der Waals surface area contributed by atoms with Crippen molar-refractivity contribution in [2.45, 2.75) is 52.0 Å². The van der Waals surface area contributed by atoms with E-state index >= 15 is 0 Å². The Labute approximate surface area is 184 Å².